The molecule has 3 nitrogen and oxygen atoms in total. The predicted molar refractivity (Wildman–Crippen MR) is 80.4 cm³/mol. The summed E-state index contributed by atoms with van der Waals surface area (Å²) < 4.78 is 5.03. The Morgan fingerprint density at radius 1 is 0.950 bits per heavy atom. The van der Waals surface area contributed by atoms with Gasteiger partial charge < -0.3 is 9.84 Å². The Kier molecular flexibility index (Phi) is 3.50. The van der Waals surface area contributed by atoms with Crippen LogP contribution in [0.4, 0.5) is 5.82 Å². The van der Waals surface area contributed by atoms with Crippen molar-refractivity contribution in [2.24, 2.45) is 0 Å². The average molecular weight is 264 g/mol. The monoisotopic (exact) mass is 264 g/mol. The van der Waals surface area contributed by atoms with Gasteiger partial charge in [-0.05, 0) is 29.7 Å². The molecule has 0 atom stereocenters. The van der Waals surface area contributed by atoms with Crippen LogP contribution in [-0.4, -0.2) is 5.16 Å². The van der Waals surface area contributed by atoms with Crippen LogP contribution in [0.25, 0.3) is 11.1 Å². The number of nitrogens with zero attached hydrogens (tertiary/aromatic N) is 1. The molecule has 0 aliphatic heterocycles. The Morgan fingerprint density at radius 2 is 1.75 bits per heavy atom. The Balaban J connectivity index is 1.75. The highest BCUT2D eigenvalue weighted by atomic mass is 16.5. The summed E-state index contributed by atoms with van der Waals surface area (Å²) in [7, 11) is 0. The molecule has 0 aliphatic carbocycles. The molecule has 1 N–H and O–H groups in total. The van der Waals surface area contributed by atoms with Gasteiger partial charge in [0.2, 0.25) is 0 Å². The lowest BCUT2D eigenvalue weighted by molar-refractivity contribution is 0.399. The van der Waals surface area contributed by atoms with Crippen LogP contribution in [-0.2, 0) is 6.54 Å². The van der Waals surface area contributed by atoms with Gasteiger partial charge in [-0.15, -0.1) is 0 Å². The van der Waals surface area contributed by atoms with Crippen LogP contribution in [0.1, 0.15) is 11.3 Å². The third-order valence-corrected chi connectivity index (χ3v) is 3.14. The van der Waals surface area contributed by atoms with E-state index in [-0.39, 0.29) is 0 Å². The minimum Gasteiger partial charge on any atom is -0.363 e. The molecule has 0 saturated heterocycles. The van der Waals surface area contributed by atoms with Gasteiger partial charge in [-0.2, -0.15) is 0 Å². The summed E-state index contributed by atoms with van der Waals surface area (Å²) in [6, 6.07) is 20.8. The normalized spacial score (nSPS) is 10.4. The summed E-state index contributed by atoms with van der Waals surface area (Å²) >= 11 is 0. The van der Waals surface area contributed by atoms with Crippen molar-refractivity contribution >= 4 is 5.82 Å². The molecular weight excluding hydrogens is 248 g/mol. The second-order valence-corrected chi connectivity index (χ2v) is 4.74. The van der Waals surface area contributed by atoms with E-state index in [2.05, 4.69) is 59.0 Å². The van der Waals surface area contributed by atoms with Gasteiger partial charge in [-0.25, -0.2) is 0 Å². The zero-order valence-electron chi connectivity index (χ0n) is 11.3. The molecule has 1 heterocycles. The van der Waals surface area contributed by atoms with Crippen LogP contribution in [0, 0.1) is 6.92 Å². The van der Waals surface area contributed by atoms with Crippen LogP contribution in [0.5, 0.6) is 0 Å². The van der Waals surface area contributed by atoms with Gasteiger partial charge in [0.25, 0.3) is 0 Å². The van der Waals surface area contributed by atoms with E-state index in [0.29, 0.717) is 0 Å². The van der Waals surface area contributed by atoms with Crippen LogP contribution in [0.15, 0.2) is 65.2 Å². The van der Waals surface area contributed by atoms with Crippen molar-refractivity contribution in [1.29, 1.82) is 0 Å². The lowest BCUT2D eigenvalue weighted by atomic mass is 10.0. The van der Waals surface area contributed by atoms with E-state index in [1.807, 2.05) is 19.1 Å². The maximum Gasteiger partial charge on any atom is 0.169 e. The lowest BCUT2D eigenvalue weighted by Gasteiger charge is -2.06. The van der Waals surface area contributed by atoms with E-state index in [1.165, 1.54) is 16.7 Å². The van der Waals surface area contributed by atoms with Gasteiger partial charge in [0.05, 0.1) is 0 Å². The molecule has 3 heteroatoms. The van der Waals surface area contributed by atoms with Gasteiger partial charge in [-0.1, -0.05) is 53.7 Å². The molecule has 2 aromatic carbocycles. The molecule has 0 saturated carbocycles. The highest BCUT2D eigenvalue weighted by Crippen LogP contribution is 2.20. The van der Waals surface area contributed by atoms with Gasteiger partial charge in [0.15, 0.2) is 5.82 Å². The summed E-state index contributed by atoms with van der Waals surface area (Å²) in [6.07, 6.45) is 0. The standard InChI is InChI=1S/C17H16N2O/c1-13-10-17(19-20-13)18-12-14-6-5-9-16(11-14)15-7-3-2-4-8-15/h2-11H,12H2,1H3,(H,18,19). The maximum absolute atomic E-state index is 5.03. The first-order valence-electron chi connectivity index (χ1n) is 6.63. The maximum atomic E-state index is 5.03. The van der Waals surface area contributed by atoms with Crippen molar-refractivity contribution in [1.82, 2.24) is 5.16 Å². The van der Waals surface area contributed by atoms with E-state index in [0.717, 1.165) is 18.1 Å². The van der Waals surface area contributed by atoms with Gasteiger partial charge in [0, 0.05) is 12.6 Å². The largest absolute Gasteiger partial charge is 0.363 e. The molecule has 0 amide bonds. The minimum absolute atomic E-state index is 0.729. The van der Waals surface area contributed by atoms with Crippen molar-refractivity contribution in [2.75, 3.05) is 5.32 Å². The number of aryl methyl sites for hydroxylation is 1. The van der Waals surface area contributed by atoms with Crippen LogP contribution >= 0.6 is 0 Å². The Morgan fingerprint density at radius 3 is 2.50 bits per heavy atom. The van der Waals surface area contributed by atoms with Gasteiger partial charge in [-0.3, -0.25) is 0 Å². The van der Waals surface area contributed by atoms with E-state index in [4.69, 9.17) is 4.52 Å². The van der Waals surface area contributed by atoms with Crippen molar-refractivity contribution in [3.05, 3.63) is 72.0 Å². The fraction of sp³-hybridized carbons (Fsp3) is 0.118. The van der Waals surface area contributed by atoms with Crippen molar-refractivity contribution in [3.8, 4) is 11.1 Å². The zero-order valence-corrected chi connectivity index (χ0v) is 11.3. The molecule has 3 rings (SSSR count). The summed E-state index contributed by atoms with van der Waals surface area (Å²) in [6.45, 7) is 2.61. The van der Waals surface area contributed by atoms with E-state index >= 15 is 0 Å². The third kappa shape index (κ3) is 2.88. The minimum atomic E-state index is 0.729. The lowest BCUT2D eigenvalue weighted by Crippen LogP contribution is -1.99. The quantitative estimate of drug-likeness (QED) is 0.765. The topological polar surface area (TPSA) is 38.1 Å². The first kappa shape index (κ1) is 12.5. The molecule has 1 aromatic heterocycles. The van der Waals surface area contributed by atoms with Crippen molar-refractivity contribution < 1.29 is 4.52 Å². The fourth-order valence-corrected chi connectivity index (χ4v) is 2.13. The summed E-state index contributed by atoms with van der Waals surface area (Å²) in [5.74, 6) is 1.58. The molecule has 0 bridgehead atoms. The third-order valence-electron chi connectivity index (χ3n) is 3.14. The molecule has 0 spiro atoms. The number of hydrogen-bond donors (Lipinski definition) is 1. The number of benzene rings is 2. The Labute approximate surface area is 118 Å². The second kappa shape index (κ2) is 5.61. The highest BCUT2D eigenvalue weighted by Gasteiger charge is 2.01. The first-order chi connectivity index (χ1) is 9.81. The highest BCUT2D eigenvalue weighted by molar-refractivity contribution is 5.64. The number of hydrogen-bond acceptors (Lipinski definition) is 3. The fourth-order valence-electron chi connectivity index (χ4n) is 2.13. The van der Waals surface area contributed by atoms with Gasteiger partial charge >= 0.3 is 0 Å². The Hall–Kier alpha value is -2.55. The number of nitrogens with one attached hydrogen (secondary N) is 1. The molecular formula is C17H16N2O. The Bertz CT molecular complexity index is 689. The van der Waals surface area contributed by atoms with E-state index < -0.39 is 0 Å². The molecule has 0 radical (unpaired) electrons. The first-order valence-corrected chi connectivity index (χ1v) is 6.63. The summed E-state index contributed by atoms with van der Waals surface area (Å²) in [4.78, 5) is 0. The smallest absolute Gasteiger partial charge is 0.169 e. The van der Waals surface area contributed by atoms with Crippen LogP contribution < -0.4 is 5.32 Å². The number of aromatic nitrogens is 1. The van der Waals surface area contributed by atoms with E-state index in [9.17, 15) is 0 Å². The molecule has 100 valence electrons. The van der Waals surface area contributed by atoms with E-state index in [1.54, 1.807) is 0 Å². The van der Waals surface area contributed by atoms with Gasteiger partial charge in [0.1, 0.15) is 5.76 Å². The zero-order chi connectivity index (χ0) is 13.8. The average Bonchev–Trinajstić information content (AvgIpc) is 2.92. The molecule has 0 fully saturated rings. The summed E-state index contributed by atoms with van der Waals surface area (Å²) in [5, 5.41) is 7.18. The van der Waals surface area contributed by atoms with Crippen LogP contribution in [0.2, 0.25) is 0 Å². The number of anilines is 1. The van der Waals surface area contributed by atoms with Crippen LogP contribution in [0.3, 0.4) is 0 Å². The SMILES string of the molecule is Cc1cc(NCc2cccc(-c3ccccc3)c2)no1. The molecule has 20 heavy (non-hydrogen) atoms. The van der Waals surface area contributed by atoms with Crippen molar-refractivity contribution in [2.45, 2.75) is 13.5 Å². The van der Waals surface area contributed by atoms with Crippen molar-refractivity contribution in [3.63, 3.8) is 0 Å². The summed E-state index contributed by atoms with van der Waals surface area (Å²) in [5.41, 5.74) is 3.67. The predicted octanol–water partition coefficient (Wildman–Crippen LogP) is 4.26. The second-order valence-electron chi connectivity index (χ2n) is 4.74. The molecule has 0 aliphatic rings. The molecule has 3 aromatic rings. The number of rotatable bonds is 4. The molecule has 0 unspecified atom stereocenters.